The third-order valence-corrected chi connectivity index (χ3v) is 6.00. The second kappa shape index (κ2) is 7.64. The maximum Gasteiger partial charge on any atom is 0.233 e. The summed E-state index contributed by atoms with van der Waals surface area (Å²) in [6, 6.07) is 8.46. The Morgan fingerprint density at radius 3 is 3.04 bits per heavy atom. The van der Waals surface area contributed by atoms with E-state index in [2.05, 4.69) is 0 Å². The van der Waals surface area contributed by atoms with Gasteiger partial charge in [0, 0.05) is 12.3 Å². The SMILES string of the molecule is O=C1CSC(c2ccc(F)c(Cl)c2)N1CCSCc1ccco1. The lowest BCUT2D eigenvalue weighted by Crippen LogP contribution is -2.30. The third-order valence-electron chi connectivity index (χ3n) is 3.50. The third kappa shape index (κ3) is 4.05. The number of nitrogens with zero attached hydrogens (tertiary/aromatic N) is 1. The lowest BCUT2D eigenvalue weighted by molar-refractivity contribution is -0.127. The molecule has 3 rings (SSSR count). The topological polar surface area (TPSA) is 33.5 Å². The first-order valence-corrected chi connectivity index (χ1v) is 9.69. The van der Waals surface area contributed by atoms with E-state index in [1.54, 1.807) is 41.9 Å². The number of carbonyl (C=O) groups is 1. The summed E-state index contributed by atoms with van der Waals surface area (Å²) in [5.74, 6) is 2.65. The summed E-state index contributed by atoms with van der Waals surface area (Å²) < 4.78 is 18.6. The Hall–Kier alpha value is -1.11. The summed E-state index contributed by atoms with van der Waals surface area (Å²) in [7, 11) is 0. The fraction of sp³-hybridized carbons (Fsp3) is 0.312. The first-order valence-electron chi connectivity index (χ1n) is 7.11. The molecule has 1 fully saturated rings. The summed E-state index contributed by atoms with van der Waals surface area (Å²) in [4.78, 5) is 13.9. The normalized spacial score (nSPS) is 17.9. The van der Waals surface area contributed by atoms with Gasteiger partial charge in [0.2, 0.25) is 5.91 Å². The lowest BCUT2D eigenvalue weighted by atomic mass is 10.2. The molecule has 1 aromatic carbocycles. The number of benzene rings is 1. The average Bonchev–Trinajstić information content (AvgIpc) is 3.17. The van der Waals surface area contributed by atoms with Gasteiger partial charge in [-0.25, -0.2) is 4.39 Å². The molecule has 122 valence electrons. The highest BCUT2D eigenvalue weighted by Crippen LogP contribution is 2.39. The van der Waals surface area contributed by atoms with E-state index in [1.807, 2.05) is 17.0 Å². The monoisotopic (exact) mass is 371 g/mol. The lowest BCUT2D eigenvalue weighted by Gasteiger charge is -2.24. The average molecular weight is 372 g/mol. The van der Waals surface area contributed by atoms with Crippen LogP contribution in [0, 0.1) is 5.82 Å². The van der Waals surface area contributed by atoms with E-state index in [0.29, 0.717) is 12.3 Å². The number of amides is 1. The van der Waals surface area contributed by atoms with E-state index < -0.39 is 5.82 Å². The quantitative estimate of drug-likeness (QED) is 0.696. The van der Waals surface area contributed by atoms with Gasteiger partial charge in [0.15, 0.2) is 0 Å². The van der Waals surface area contributed by atoms with Crippen LogP contribution in [0.15, 0.2) is 41.0 Å². The standard InChI is InChI=1S/C16H15ClFNO2S2/c17-13-8-11(3-4-14(13)18)16-19(15(20)10-23-16)5-7-22-9-12-2-1-6-21-12/h1-4,6,8,16H,5,7,9-10H2. The second-order valence-corrected chi connectivity index (χ2v) is 7.64. The van der Waals surface area contributed by atoms with Crippen LogP contribution in [0.25, 0.3) is 0 Å². The van der Waals surface area contributed by atoms with Crippen LogP contribution >= 0.6 is 35.1 Å². The van der Waals surface area contributed by atoms with Crippen molar-refractivity contribution in [2.24, 2.45) is 0 Å². The predicted molar refractivity (Wildman–Crippen MR) is 93.2 cm³/mol. The smallest absolute Gasteiger partial charge is 0.233 e. The molecule has 1 aliphatic heterocycles. The van der Waals surface area contributed by atoms with E-state index in [9.17, 15) is 9.18 Å². The van der Waals surface area contributed by atoms with Crippen LogP contribution in [-0.4, -0.2) is 28.9 Å². The molecule has 0 N–H and O–H groups in total. The molecule has 0 radical (unpaired) electrons. The molecule has 7 heteroatoms. The number of thioether (sulfide) groups is 2. The fourth-order valence-corrected chi connectivity index (χ4v) is 4.60. The van der Waals surface area contributed by atoms with Gasteiger partial charge in [-0.3, -0.25) is 4.79 Å². The zero-order valence-electron chi connectivity index (χ0n) is 12.2. The van der Waals surface area contributed by atoms with E-state index in [1.165, 1.54) is 6.07 Å². The summed E-state index contributed by atoms with van der Waals surface area (Å²) in [5.41, 5.74) is 0.864. The van der Waals surface area contributed by atoms with Gasteiger partial charge in [-0.2, -0.15) is 11.8 Å². The number of hydrogen-bond acceptors (Lipinski definition) is 4. The number of carbonyl (C=O) groups excluding carboxylic acids is 1. The summed E-state index contributed by atoms with van der Waals surface area (Å²) >= 11 is 9.13. The highest BCUT2D eigenvalue weighted by molar-refractivity contribution is 8.00. The Balaban J connectivity index is 1.59. The molecule has 1 amide bonds. The summed E-state index contributed by atoms with van der Waals surface area (Å²) in [5, 5.41) is -0.000550. The van der Waals surface area contributed by atoms with Crippen molar-refractivity contribution in [2.45, 2.75) is 11.1 Å². The van der Waals surface area contributed by atoms with Crippen LogP contribution in [0.3, 0.4) is 0 Å². The van der Waals surface area contributed by atoms with Crippen LogP contribution in [0.2, 0.25) is 5.02 Å². The van der Waals surface area contributed by atoms with Crippen LogP contribution in [0.1, 0.15) is 16.7 Å². The number of furan rings is 1. The molecular weight excluding hydrogens is 357 g/mol. The van der Waals surface area contributed by atoms with Gasteiger partial charge in [0.1, 0.15) is 17.0 Å². The van der Waals surface area contributed by atoms with Crippen LogP contribution in [-0.2, 0) is 10.5 Å². The number of hydrogen-bond donors (Lipinski definition) is 0. The Morgan fingerprint density at radius 1 is 1.43 bits per heavy atom. The first-order chi connectivity index (χ1) is 11.1. The van der Waals surface area contributed by atoms with Gasteiger partial charge >= 0.3 is 0 Å². The fourth-order valence-electron chi connectivity index (χ4n) is 2.37. The van der Waals surface area contributed by atoms with Gasteiger partial charge < -0.3 is 9.32 Å². The van der Waals surface area contributed by atoms with Gasteiger partial charge in [0.05, 0.1) is 22.8 Å². The molecule has 0 spiro atoms. The van der Waals surface area contributed by atoms with Gasteiger partial charge in [-0.1, -0.05) is 17.7 Å². The predicted octanol–water partition coefficient (Wildman–Crippen LogP) is 4.58. The van der Waals surface area contributed by atoms with Crippen molar-refractivity contribution in [3.05, 3.63) is 58.8 Å². The van der Waals surface area contributed by atoms with Crippen molar-refractivity contribution >= 4 is 41.0 Å². The minimum absolute atomic E-state index is 0.0922. The van der Waals surface area contributed by atoms with Crippen LogP contribution in [0.4, 0.5) is 4.39 Å². The molecule has 2 heterocycles. The minimum atomic E-state index is -0.440. The van der Waals surface area contributed by atoms with Crippen molar-refractivity contribution < 1.29 is 13.6 Å². The van der Waals surface area contributed by atoms with Crippen molar-refractivity contribution in [3.63, 3.8) is 0 Å². The first kappa shape index (κ1) is 16.7. The maximum absolute atomic E-state index is 13.3. The molecule has 1 aliphatic rings. The van der Waals surface area contributed by atoms with Crippen LogP contribution in [0.5, 0.6) is 0 Å². The molecule has 0 bridgehead atoms. The van der Waals surface area contributed by atoms with Crippen molar-refractivity contribution in [1.82, 2.24) is 4.90 Å². The molecule has 2 aromatic rings. The van der Waals surface area contributed by atoms with Crippen LogP contribution < -0.4 is 0 Å². The zero-order chi connectivity index (χ0) is 16.2. The largest absolute Gasteiger partial charge is 0.468 e. The van der Waals surface area contributed by atoms with Gasteiger partial charge in [-0.05, 0) is 29.8 Å². The van der Waals surface area contributed by atoms with Crippen molar-refractivity contribution in [1.29, 1.82) is 0 Å². The Morgan fingerprint density at radius 2 is 2.30 bits per heavy atom. The number of rotatable bonds is 6. The van der Waals surface area contributed by atoms with E-state index in [0.717, 1.165) is 22.8 Å². The molecule has 1 unspecified atom stereocenters. The summed E-state index contributed by atoms with van der Waals surface area (Å²) in [6.45, 7) is 0.650. The molecular formula is C16H15ClFNO2S2. The molecule has 1 aromatic heterocycles. The van der Waals surface area contributed by atoms with E-state index >= 15 is 0 Å². The zero-order valence-corrected chi connectivity index (χ0v) is 14.6. The summed E-state index contributed by atoms with van der Waals surface area (Å²) in [6.07, 6.45) is 1.66. The minimum Gasteiger partial charge on any atom is -0.468 e. The Bertz CT molecular complexity index is 681. The molecule has 0 saturated carbocycles. The van der Waals surface area contributed by atoms with Gasteiger partial charge in [0.25, 0.3) is 0 Å². The molecule has 23 heavy (non-hydrogen) atoms. The second-order valence-electron chi connectivity index (χ2n) is 5.06. The van der Waals surface area contributed by atoms with Crippen molar-refractivity contribution in [3.8, 4) is 0 Å². The Labute approximate surface area is 147 Å². The maximum atomic E-state index is 13.3. The van der Waals surface area contributed by atoms with E-state index in [4.69, 9.17) is 16.0 Å². The highest BCUT2D eigenvalue weighted by Gasteiger charge is 2.32. The molecule has 1 saturated heterocycles. The molecule has 1 atom stereocenters. The number of halogens is 2. The van der Waals surface area contributed by atoms with Gasteiger partial charge in [-0.15, -0.1) is 11.8 Å². The van der Waals surface area contributed by atoms with Crippen molar-refractivity contribution in [2.75, 3.05) is 18.1 Å². The molecule has 0 aliphatic carbocycles. The van der Waals surface area contributed by atoms with E-state index in [-0.39, 0.29) is 16.3 Å². The Kier molecular flexibility index (Phi) is 5.56. The highest BCUT2D eigenvalue weighted by atomic mass is 35.5. The molecule has 3 nitrogen and oxygen atoms in total.